The third-order valence-electron chi connectivity index (χ3n) is 2.89. The maximum Gasteiger partial charge on any atom is 0.311 e. The number of pyridine rings is 1. The monoisotopic (exact) mass is 266 g/mol. The van der Waals surface area contributed by atoms with Crippen LogP contribution >= 0.6 is 0 Å². The molecule has 0 aliphatic carbocycles. The summed E-state index contributed by atoms with van der Waals surface area (Å²) in [6, 6.07) is 15.5. The summed E-state index contributed by atoms with van der Waals surface area (Å²) in [6.07, 6.45) is 1.62. The number of hydrogen-bond donors (Lipinski definition) is 0. The molecular weight excluding hydrogens is 256 g/mol. The molecule has 5 heteroatoms. The Morgan fingerprint density at radius 1 is 0.950 bits per heavy atom. The van der Waals surface area contributed by atoms with Gasteiger partial charge in [-0.05, 0) is 24.3 Å². The average Bonchev–Trinajstić information content (AvgIpc) is 2.48. The second-order valence-electron chi connectivity index (χ2n) is 4.15. The molecule has 0 fully saturated rings. The molecule has 1 heterocycles. The highest BCUT2D eigenvalue weighted by Gasteiger charge is 2.15. The van der Waals surface area contributed by atoms with E-state index >= 15 is 0 Å². The van der Waals surface area contributed by atoms with Gasteiger partial charge in [-0.1, -0.05) is 24.3 Å². The average molecular weight is 266 g/mol. The number of nitrogens with zero attached hydrogens (tertiary/aromatic N) is 2. The minimum absolute atomic E-state index is 0.0617. The molecule has 0 aliphatic rings. The van der Waals surface area contributed by atoms with E-state index in [0.717, 1.165) is 10.9 Å². The number of benzene rings is 2. The molecule has 0 radical (unpaired) electrons. The van der Waals surface area contributed by atoms with Crippen LogP contribution in [0.15, 0.2) is 60.8 Å². The van der Waals surface area contributed by atoms with Crippen molar-refractivity contribution in [3.8, 4) is 11.5 Å². The van der Waals surface area contributed by atoms with Gasteiger partial charge in [0.05, 0.1) is 10.4 Å². The molecule has 3 rings (SSSR count). The second-order valence-corrected chi connectivity index (χ2v) is 4.15. The number of hydrogen-bond acceptors (Lipinski definition) is 4. The van der Waals surface area contributed by atoms with E-state index in [0.29, 0.717) is 5.75 Å². The Morgan fingerprint density at radius 3 is 2.55 bits per heavy atom. The first-order chi connectivity index (χ1) is 9.75. The van der Waals surface area contributed by atoms with Crippen LogP contribution < -0.4 is 4.74 Å². The van der Waals surface area contributed by atoms with Crippen LogP contribution in [0.4, 0.5) is 5.69 Å². The first-order valence-electron chi connectivity index (χ1n) is 6.01. The Kier molecular flexibility index (Phi) is 3.01. The number of ether oxygens (including phenoxy) is 1. The summed E-state index contributed by atoms with van der Waals surface area (Å²) in [4.78, 5) is 14.8. The van der Waals surface area contributed by atoms with Gasteiger partial charge in [0, 0.05) is 17.6 Å². The standard InChI is InChI=1S/C15H10N2O3/c18-17(19)13-7-3-4-8-15(13)20-14-9-10-16-12-6-2-1-5-11(12)14/h1-10H. The zero-order valence-electron chi connectivity index (χ0n) is 10.4. The number of aromatic nitrogens is 1. The molecule has 0 unspecified atom stereocenters. The van der Waals surface area contributed by atoms with E-state index in [1.165, 1.54) is 6.07 Å². The first kappa shape index (κ1) is 12.1. The van der Waals surface area contributed by atoms with Gasteiger partial charge < -0.3 is 4.74 Å². The van der Waals surface area contributed by atoms with Gasteiger partial charge in [-0.25, -0.2) is 0 Å². The predicted molar refractivity (Wildman–Crippen MR) is 74.9 cm³/mol. The molecule has 0 bridgehead atoms. The van der Waals surface area contributed by atoms with Gasteiger partial charge in [-0.15, -0.1) is 0 Å². The van der Waals surface area contributed by atoms with Gasteiger partial charge in [0.1, 0.15) is 5.75 Å². The van der Waals surface area contributed by atoms with Crippen molar-refractivity contribution >= 4 is 16.6 Å². The zero-order valence-corrected chi connectivity index (χ0v) is 10.4. The van der Waals surface area contributed by atoms with Gasteiger partial charge in [-0.2, -0.15) is 0 Å². The fourth-order valence-corrected chi connectivity index (χ4v) is 1.97. The Morgan fingerprint density at radius 2 is 1.70 bits per heavy atom. The molecule has 3 aromatic rings. The molecule has 0 aliphatic heterocycles. The lowest BCUT2D eigenvalue weighted by Crippen LogP contribution is -1.93. The summed E-state index contributed by atoms with van der Waals surface area (Å²) in [5, 5.41) is 11.8. The zero-order chi connectivity index (χ0) is 13.9. The fourth-order valence-electron chi connectivity index (χ4n) is 1.97. The number of nitro benzene ring substituents is 1. The van der Waals surface area contributed by atoms with E-state index < -0.39 is 4.92 Å². The highest BCUT2D eigenvalue weighted by Crippen LogP contribution is 2.33. The summed E-state index contributed by atoms with van der Waals surface area (Å²) in [5.74, 6) is 0.763. The van der Waals surface area contributed by atoms with Crippen LogP contribution in [0.1, 0.15) is 0 Å². The summed E-state index contributed by atoms with van der Waals surface area (Å²) in [7, 11) is 0. The molecule has 0 saturated carbocycles. The van der Waals surface area contributed by atoms with Gasteiger partial charge in [0.25, 0.3) is 0 Å². The van der Waals surface area contributed by atoms with Crippen molar-refractivity contribution in [3.05, 3.63) is 70.9 Å². The van der Waals surface area contributed by atoms with E-state index in [9.17, 15) is 10.1 Å². The Bertz CT molecular complexity index is 781. The summed E-state index contributed by atoms with van der Waals surface area (Å²) >= 11 is 0. The van der Waals surface area contributed by atoms with E-state index in [2.05, 4.69) is 4.98 Å². The molecule has 0 N–H and O–H groups in total. The fraction of sp³-hybridized carbons (Fsp3) is 0. The summed E-state index contributed by atoms with van der Waals surface area (Å²) in [6.45, 7) is 0. The quantitative estimate of drug-likeness (QED) is 0.532. The summed E-state index contributed by atoms with van der Waals surface area (Å²) in [5.41, 5.74) is 0.719. The minimum Gasteiger partial charge on any atom is -0.449 e. The Hall–Kier alpha value is -2.95. The van der Waals surface area contributed by atoms with Gasteiger partial charge >= 0.3 is 5.69 Å². The third-order valence-corrected chi connectivity index (χ3v) is 2.89. The largest absolute Gasteiger partial charge is 0.449 e. The number of para-hydroxylation sites is 3. The SMILES string of the molecule is O=[N+]([O-])c1ccccc1Oc1ccnc2ccccc12. The third kappa shape index (κ3) is 2.16. The van der Waals surface area contributed by atoms with Gasteiger partial charge in [0.2, 0.25) is 5.75 Å². The predicted octanol–water partition coefficient (Wildman–Crippen LogP) is 3.94. The van der Waals surface area contributed by atoms with Crippen LogP contribution in [-0.4, -0.2) is 9.91 Å². The van der Waals surface area contributed by atoms with Crippen molar-refractivity contribution < 1.29 is 9.66 Å². The van der Waals surface area contributed by atoms with Crippen molar-refractivity contribution in [1.29, 1.82) is 0 Å². The van der Waals surface area contributed by atoms with Crippen LogP contribution in [0, 0.1) is 10.1 Å². The molecule has 2 aromatic carbocycles. The molecular formula is C15H10N2O3. The van der Waals surface area contributed by atoms with Crippen LogP contribution in [-0.2, 0) is 0 Å². The maximum atomic E-state index is 11.0. The van der Waals surface area contributed by atoms with Crippen molar-refractivity contribution in [2.24, 2.45) is 0 Å². The second kappa shape index (κ2) is 4.97. The molecule has 20 heavy (non-hydrogen) atoms. The van der Waals surface area contributed by atoms with E-state index in [-0.39, 0.29) is 11.4 Å². The molecule has 0 atom stereocenters. The molecule has 0 saturated heterocycles. The summed E-state index contributed by atoms with van der Waals surface area (Å²) < 4.78 is 5.70. The maximum absolute atomic E-state index is 11.0. The molecule has 98 valence electrons. The Labute approximate surface area is 114 Å². The number of nitro groups is 1. The minimum atomic E-state index is -0.460. The topological polar surface area (TPSA) is 65.3 Å². The first-order valence-corrected chi connectivity index (χ1v) is 6.01. The molecule has 1 aromatic heterocycles. The van der Waals surface area contributed by atoms with Gasteiger partial charge in [-0.3, -0.25) is 15.1 Å². The van der Waals surface area contributed by atoms with Crippen LogP contribution in [0.3, 0.4) is 0 Å². The number of rotatable bonds is 3. The van der Waals surface area contributed by atoms with Gasteiger partial charge in [0.15, 0.2) is 0 Å². The van der Waals surface area contributed by atoms with Crippen molar-refractivity contribution in [1.82, 2.24) is 4.98 Å². The van der Waals surface area contributed by atoms with Crippen LogP contribution in [0.5, 0.6) is 11.5 Å². The lowest BCUT2D eigenvalue weighted by atomic mass is 10.2. The van der Waals surface area contributed by atoms with Crippen molar-refractivity contribution in [2.45, 2.75) is 0 Å². The highest BCUT2D eigenvalue weighted by atomic mass is 16.6. The lowest BCUT2D eigenvalue weighted by Gasteiger charge is -2.08. The van der Waals surface area contributed by atoms with Crippen LogP contribution in [0.25, 0.3) is 10.9 Å². The number of fused-ring (bicyclic) bond motifs is 1. The van der Waals surface area contributed by atoms with Crippen LogP contribution in [0.2, 0.25) is 0 Å². The lowest BCUT2D eigenvalue weighted by molar-refractivity contribution is -0.385. The molecule has 5 nitrogen and oxygen atoms in total. The van der Waals surface area contributed by atoms with E-state index in [1.807, 2.05) is 24.3 Å². The molecule has 0 amide bonds. The van der Waals surface area contributed by atoms with E-state index in [4.69, 9.17) is 4.74 Å². The highest BCUT2D eigenvalue weighted by molar-refractivity contribution is 5.85. The smallest absolute Gasteiger partial charge is 0.311 e. The molecule has 0 spiro atoms. The van der Waals surface area contributed by atoms with E-state index in [1.54, 1.807) is 30.5 Å². The Balaban J connectivity index is 2.08. The normalized spacial score (nSPS) is 10.4. The van der Waals surface area contributed by atoms with Crippen molar-refractivity contribution in [2.75, 3.05) is 0 Å². The van der Waals surface area contributed by atoms with Crippen molar-refractivity contribution in [3.63, 3.8) is 0 Å².